The van der Waals surface area contributed by atoms with Gasteiger partial charge >= 0.3 is 17.9 Å². The molecule has 1 saturated carbocycles. The van der Waals surface area contributed by atoms with E-state index in [1.807, 2.05) is 0 Å². The van der Waals surface area contributed by atoms with Crippen LogP contribution in [0.3, 0.4) is 0 Å². The third-order valence-corrected chi connectivity index (χ3v) is 23.9. The number of esters is 3. The van der Waals surface area contributed by atoms with Crippen LogP contribution in [-0.2, 0) is 52.7 Å². The first-order valence-electron chi connectivity index (χ1n) is 45.5. The maximum atomic E-state index is 18.0. The summed E-state index contributed by atoms with van der Waals surface area (Å²) in [7, 11) is 0. The molecular formula is C102H144O12. The number of hydrogen-bond donors (Lipinski definition) is 3. The number of benzene rings is 6. The maximum absolute atomic E-state index is 18.0. The number of hydrogen-bond acceptors (Lipinski definition) is 12. The van der Waals surface area contributed by atoms with E-state index in [-0.39, 0.29) is 33.4 Å². The highest BCUT2D eigenvalue weighted by Crippen LogP contribution is 2.56. The second-order valence-electron chi connectivity index (χ2n) is 33.1. The number of aliphatic hydroxyl groups is 3. The van der Waals surface area contributed by atoms with Gasteiger partial charge in [0.1, 0.15) is 18.3 Å². The molecule has 1 fully saturated rings. The fourth-order valence-electron chi connectivity index (χ4n) is 16.7. The Morgan fingerprint density at radius 2 is 0.395 bits per heavy atom. The maximum Gasteiger partial charge on any atom is 0.339 e. The fourth-order valence-corrected chi connectivity index (χ4v) is 16.7. The zero-order valence-electron chi connectivity index (χ0n) is 71.0. The number of ether oxygens (including phenoxy) is 3. The quantitative estimate of drug-likeness (QED) is 0.0142. The number of Topliss-reactive ketones (excluding diaryl/α,β-unsaturated/α-hetero) is 3. The second-order valence-corrected chi connectivity index (χ2v) is 33.1. The number of aryl methyl sites for hydroxylation is 6. The molecule has 1 aliphatic carbocycles. The van der Waals surface area contributed by atoms with Crippen LogP contribution < -0.4 is 0 Å². The molecule has 0 aliphatic heterocycles. The first-order valence-corrected chi connectivity index (χ1v) is 45.5. The lowest BCUT2D eigenvalue weighted by molar-refractivity contribution is -0.293. The van der Waals surface area contributed by atoms with E-state index in [9.17, 15) is 15.3 Å². The van der Waals surface area contributed by atoms with Crippen LogP contribution in [0.25, 0.3) is 0 Å². The van der Waals surface area contributed by atoms with Gasteiger partial charge < -0.3 is 29.5 Å². The van der Waals surface area contributed by atoms with E-state index in [1.54, 1.807) is 72.8 Å². The van der Waals surface area contributed by atoms with Gasteiger partial charge in [0.2, 0.25) is 17.3 Å². The molecule has 7 rings (SSSR count). The van der Waals surface area contributed by atoms with Crippen molar-refractivity contribution in [3.63, 3.8) is 0 Å². The summed E-state index contributed by atoms with van der Waals surface area (Å²) in [5.74, 6) is -8.31. The number of aliphatic hydroxyl groups excluding tert-OH is 3. The van der Waals surface area contributed by atoms with Crippen molar-refractivity contribution in [3.8, 4) is 0 Å². The summed E-state index contributed by atoms with van der Waals surface area (Å²) in [6, 6.07) is 38.7. The van der Waals surface area contributed by atoms with Crippen LogP contribution in [-0.4, -0.2) is 85.7 Å². The van der Waals surface area contributed by atoms with Crippen LogP contribution in [0.4, 0.5) is 0 Å². The molecule has 0 spiro atoms. The Hall–Kier alpha value is -7.38. The van der Waals surface area contributed by atoms with Crippen molar-refractivity contribution in [2.45, 2.75) is 385 Å². The minimum absolute atomic E-state index is 0.177. The molecule has 6 atom stereocenters. The van der Waals surface area contributed by atoms with Gasteiger partial charge in [-0.25, -0.2) is 14.4 Å². The van der Waals surface area contributed by atoms with E-state index in [0.717, 1.165) is 245 Å². The monoisotopic (exact) mass is 1560 g/mol. The first-order chi connectivity index (χ1) is 55.6. The van der Waals surface area contributed by atoms with Gasteiger partial charge in [-0.2, -0.15) is 0 Å². The molecule has 0 aromatic heterocycles. The molecule has 0 saturated heterocycles. The van der Waals surface area contributed by atoms with Crippen LogP contribution in [0.5, 0.6) is 0 Å². The number of rotatable bonds is 60. The van der Waals surface area contributed by atoms with E-state index in [1.165, 1.54) is 131 Å². The third kappa shape index (κ3) is 27.6. The zero-order valence-corrected chi connectivity index (χ0v) is 71.0. The van der Waals surface area contributed by atoms with E-state index < -0.39 is 70.4 Å². The molecule has 114 heavy (non-hydrogen) atoms. The van der Waals surface area contributed by atoms with Crippen LogP contribution in [0.15, 0.2) is 146 Å². The van der Waals surface area contributed by atoms with Gasteiger partial charge in [0, 0.05) is 16.7 Å². The van der Waals surface area contributed by atoms with Gasteiger partial charge in [0.15, 0.2) is 0 Å². The Morgan fingerprint density at radius 1 is 0.228 bits per heavy atom. The second kappa shape index (κ2) is 52.3. The lowest BCUT2D eigenvalue weighted by Crippen LogP contribution is -2.91. The topological polar surface area (TPSA) is 191 Å². The first kappa shape index (κ1) is 93.8. The molecule has 0 bridgehead atoms. The number of ketones is 3. The van der Waals surface area contributed by atoms with E-state index >= 15 is 28.8 Å². The molecule has 0 amide bonds. The summed E-state index contributed by atoms with van der Waals surface area (Å²) in [6.45, 7) is 13.2. The molecule has 1 aliphatic rings. The van der Waals surface area contributed by atoms with Crippen molar-refractivity contribution in [1.82, 2.24) is 0 Å². The highest BCUT2D eigenvalue weighted by atomic mass is 16.7. The average Bonchev–Trinajstić information content (AvgIpc) is 0.658. The summed E-state index contributed by atoms with van der Waals surface area (Å²) in [5.41, 5.74) is -8.04. The zero-order chi connectivity index (χ0) is 81.7. The van der Waals surface area contributed by atoms with Gasteiger partial charge in [0.05, 0.1) is 16.7 Å². The molecule has 0 radical (unpaired) electrons. The van der Waals surface area contributed by atoms with Crippen LogP contribution in [0, 0.1) is 0 Å². The Bertz CT molecular complexity index is 3540. The van der Waals surface area contributed by atoms with Crippen molar-refractivity contribution in [2.24, 2.45) is 0 Å². The van der Waals surface area contributed by atoms with Crippen molar-refractivity contribution in [2.75, 3.05) is 0 Å². The lowest BCUT2D eigenvalue weighted by Gasteiger charge is -2.60. The van der Waals surface area contributed by atoms with E-state index in [4.69, 9.17) is 14.2 Å². The number of unbranched alkanes of at least 4 members (excludes halogenated alkanes) is 36. The summed E-state index contributed by atoms with van der Waals surface area (Å²) in [5, 5.41) is 41.3. The normalized spacial score (nSPS) is 18.0. The smallest absolute Gasteiger partial charge is 0.339 e. The molecule has 2 unspecified atom stereocenters. The minimum atomic E-state index is -4.02. The van der Waals surface area contributed by atoms with Gasteiger partial charge in [0.25, 0.3) is 16.8 Å². The van der Waals surface area contributed by atoms with E-state index in [0.29, 0.717) is 38.5 Å². The van der Waals surface area contributed by atoms with Crippen molar-refractivity contribution >= 4 is 35.3 Å². The summed E-state index contributed by atoms with van der Waals surface area (Å²) < 4.78 is 21.0. The molecular weight excluding hydrogens is 1420 g/mol. The summed E-state index contributed by atoms with van der Waals surface area (Å²) in [6.07, 6.45) is 40.3. The standard InChI is InChI=1S/C102H144O12/c1-7-13-19-25-31-37-43-49-79-55-67-85(68-56-79)92(104)100(112-97(109)88-73-61-82(62-74-88)52-46-40-34-28-22-16-10-4)95(107)91(103)96(108)101(93(105)86-69-57-80(58-70-86)50-44-38-32-26-20-14-8-2,113-98(110)89-75-63-83(64-76-89)53-47-41-35-29-23-17-11-5)102(100,94(106)87-71-59-81(60-72-87)51-45-39-33-27-21-15-9-3)114-99(111)90-77-65-84(66-78-90)54-48-42-36-30-24-18-12-6/h55-78,91,95-96,103,107-108H,7-54H2,1-6H3/t91?,95-,96+,100+,101-,102?. The molecule has 12 heteroatoms. The highest BCUT2D eigenvalue weighted by Gasteiger charge is 2.88. The molecule has 12 nitrogen and oxygen atoms in total. The van der Waals surface area contributed by atoms with Crippen molar-refractivity contribution in [1.29, 1.82) is 0 Å². The molecule has 0 heterocycles. The largest absolute Gasteiger partial charge is 0.439 e. The Kier molecular flexibility index (Phi) is 43.1. The SMILES string of the molecule is CCCCCCCCCc1ccc(C(=O)OC2(C(=O)c3ccc(CCCCCCCCC)cc3)[C@@](OC(=O)c3ccc(CCCCCCCCC)cc3)(C(=O)c3ccc(CCCCCCCCC)cc3)[C@@H](O)C(O)[C@@H](O)[C@@]2(OC(=O)c2ccc(CCCCCCCCC)cc2)C(=O)c2ccc(CCCCCCCCC)cc2)cc1. The van der Waals surface area contributed by atoms with Crippen molar-refractivity contribution in [3.05, 3.63) is 212 Å². The predicted molar refractivity (Wildman–Crippen MR) is 464 cm³/mol. The Morgan fingerprint density at radius 3 is 0.596 bits per heavy atom. The summed E-state index contributed by atoms with van der Waals surface area (Å²) in [4.78, 5) is 102. The molecule has 624 valence electrons. The van der Waals surface area contributed by atoms with Crippen LogP contribution in [0.2, 0.25) is 0 Å². The van der Waals surface area contributed by atoms with Gasteiger partial charge in [-0.1, -0.05) is 382 Å². The lowest BCUT2D eigenvalue weighted by atomic mass is 9.52. The highest BCUT2D eigenvalue weighted by molar-refractivity contribution is 6.21. The average molecular weight is 1560 g/mol. The summed E-state index contributed by atoms with van der Waals surface area (Å²) >= 11 is 0. The number of carbonyl (C=O) groups excluding carboxylic acids is 6. The van der Waals surface area contributed by atoms with Gasteiger partial charge in [-0.3, -0.25) is 14.4 Å². The predicted octanol–water partition coefficient (Wildman–Crippen LogP) is 25.3. The molecule has 3 N–H and O–H groups in total. The molecule has 6 aromatic carbocycles. The van der Waals surface area contributed by atoms with Crippen molar-refractivity contribution < 1.29 is 58.3 Å². The van der Waals surface area contributed by atoms with E-state index in [2.05, 4.69) is 41.5 Å². The van der Waals surface area contributed by atoms with Gasteiger partial charge in [-0.05, 0) is 147 Å². The fraction of sp³-hybridized carbons (Fsp3) is 0.588. The molecule has 6 aromatic rings. The Labute approximate surface area is 686 Å². The van der Waals surface area contributed by atoms with Gasteiger partial charge in [-0.15, -0.1) is 0 Å². The minimum Gasteiger partial charge on any atom is -0.439 e. The van der Waals surface area contributed by atoms with Crippen LogP contribution in [0.1, 0.15) is 407 Å². The third-order valence-electron chi connectivity index (χ3n) is 23.9. The Balaban J connectivity index is 1.54. The van der Waals surface area contributed by atoms with Crippen LogP contribution >= 0.6 is 0 Å². The number of carbonyl (C=O) groups is 6.